The zero-order valence-corrected chi connectivity index (χ0v) is 18.4. The number of nitrogens with zero attached hydrogens (tertiary/aromatic N) is 2. The Morgan fingerprint density at radius 2 is 1.91 bits per heavy atom. The van der Waals surface area contributed by atoms with E-state index in [2.05, 4.69) is 0 Å². The summed E-state index contributed by atoms with van der Waals surface area (Å²) in [5.41, 5.74) is 2.11. The minimum absolute atomic E-state index is 0.0369. The number of fused-ring (bicyclic) bond motifs is 2. The van der Waals surface area contributed by atoms with Gasteiger partial charge in [0.25, 0.3) is 0 Å². The summed E-state index contributed by atoms with van der Waals surface area (Å²) in [6.45, 7) is 2.30. The van der Waals surface area contributed by atoms with Crippen molar-refractivity contribution in [1.82, 2.24) is 4.90 Å². The Labute approximate surface area is 191 Å². The quantitative estimate of drug-likeness (QED) is 0.665. The number of para-hydroxylation sites is 1. The molecule has 0 aromatic heterocycles. The van der Waals surface area contributed by atoms with E-state index >= 15 is 0 Å². The summed E-state index contributed by atoms with van der Waals surface area (Å²) in [6, 6.07) is 13.1. The molecule has 1 saturated carbocycles. The molecule has 1 fully saturated rings. The lowest BCUT2D eigenvalue weighted by atomic mass is 9.68. The highest BCUT2D eigenvalue weighted by Gasteiger charge is 2.51. The van der Waals surface area contributed by atoms with Crippen molar-refractivity contribution in [2.24, 2.45) is 5.92 Å². The molecule has 8 heteroatoms. The van der Waals surface area contributed by atoms with E-state index in [0.29, 0.717) is 17.8 Å². The van der Waals surface area contributed by atoms with Crippen LogP contribution >= 0.6 is 0 Å². The molecule has 0 spiro atoms. The molecule has 174 valence electrons. The number of benzene rings is 2. The van der Waals surface area contributed by atoms with Crippen LogP contribution in [0.5, 0.6) is 0 Å². The van der Waals surface area contributed by atoms with Crippen LogP contribution < -0.4 is 4.90 Å². The van der Waals surface area contributed by atoms with Gasteiger partial charge in [-0.2, -0.15) is 0 Å². The third-order valence-corrected chi connectivity index (χ3v) is 6.54. The maximum absolute atomic E-state index is 13.5. The van der Waals surface area contributed by atoms with Gasteiger partial charge >= 0.3 is 12.1 Å². The summed E-state index contributed by atoms with van der Waals surface area (Å²) in [7, 11) is 0. The summed E-state index contributed by atoms with van der Waals surface area (Å²) in [5, 5.41) is 8.98. The van der Waals surface area contributed by atoms with Crippen LogP contribution in [0, 0.1) is 11.7 Å². The number of rotatable bonds is 7. The summed E-state index contributed by atoms with van der Waals surface area (Å²) in [5.74, 6) is -1.55. The molecule has 1 aliphatic carbocycles. The van der Waals surface area contributed by atoms with Crippen LogP contribution in [0.1, 0.15) is 49.8 Å². The molecule has 1 heterocycles. The number of hydrogen-bond acceptors (Lipinski definition) is 4. The van der Waals surface area contributed by atoms with Crippen LogP contribution in [0.4, 0.5) is 14.9 Å². The molecule has 0 bridgehead atoms. The number of carboxylic acids is 1. The summed E-state index contributed by atoms with van der Waals surface area (Å²) < 4.78 is 19.0. The van der Waals surface area contributed by atoms with Gasteiger partial charge in [0.1, 0.15) is 12.4 Å². The number of carbonyl (C=O) groups is 3. The summed E-state index contributed by atoms with van der Waals surface area (Å²) >= 11 is 0. The highest BCUT2D eigenvalue weighted by Crippen LogP contribution is 2.52. The van der Waals surface area contributed by atoms with Gasteiger partial charge in [-0.3, -0.25) is 14.5 Å². The number of carboxylic acid groups (broad SMARTS) is 1. The van der Waals surface area contributed by atoms with Crippen LogP contribution in [0.2, 0.25) is 0 Å². The SMILES string of the molecule is CCN(C(=O)CCC(=O)O)C1c2ccccc2N(C(=O)OCc2cccc(F)c2)C2CCC12. The van der Waals surface area contributed by atoms with Crippen molar-refractivity contribution in [3.8, 4) is 0 Å². The Bertz CT molecular complexity index is 1060. The van der Waals surface area contributed by atoms with E-state index in [1.54, 1.807) is 21.9 Å². The number of amides is 2. The fourth-order valence-electron chi connectivity index (χ4n) is 4.92. The van der Waals surface area contributed by atoms with Gasteiger partial charge in [0.2, 0.25) is 5.91 Å². The number of halogens is 1. The van der Waals surface area contributed by atoms with Crippen molar-refractivity contribution in [3.63, 3.8) is 0 Å². The number of hydrogen-bond donors (Lipinski definition) is 1. The largest absolute Gasteiger partial charge is 0.481 e. The number of aliphatic carboxylic acids is 1. The van der Waals surface area contributed by atoms with E-state index in [1.165, 1.54) is 12.1 Å². The molecule has 3 unspecified atom stereocenters. The Kier molecular flexibility index (Phi) is 6.62. The molecule has 2 aliphatic rings. The lowest BCUT2D eigenvalue weighted by molar-refractivity contribution is -0.142. The zero-order chi connectivity index (χ0) is 23.5. The highest BCUT2D eigenvalue weighted by atomic mass is 19.1. The first-order valence-corrected chi connectivity index (χ1v) is 11.2. The van der Waals surface area contributed by atoms with E-state index in [9.17, 15) is 18.8 Å². The zero-order valence-electron chi connectivity index (χ0n) is 18.4. The minimum Gasteiger partial charge on any atom is -0.481 e. The van der Waals surface area contributed by atoms with Crippen molar-refractivity contribution in [1.29, 1.82) is 0 Å². The predicted octanol–water partition coefficient (Wildman–Crippen LogP) is 4.52. The van der Waals surface area contributed by atoms with Crippen LogP contribution in [0.3, 0.4) is 0 Å². The predicted molar refractivity (Wildman–Crippen MR) is 119 cm³/mol. The second-order valence-electron chi connectivity index (χ2n) is 8.44. The van der Waals surface area contributed by atoms with Crippen molar-refractivity contribution in [3.05, 3.63) is 65.5 Å². The fourth-order valence-corrected chi connectivity index (χ4v) is 4.92. The standard InChI is InChI=1S/C25H27FN2O5/c1-2-27(22(29)12-13-23(30)31)24-18-8-3-4-9-20(18)28(21-11-10-19(21)24)25(32)33-15-16-6-5-7-17(26)14-16/h3-9,14,19,21,24H,2,10-13,15H2,1H3,(H,30,31). The first-order chi connectivity index (χ1) is 15.9. The van der Waals surface area contributed by atoms with Crippen LogP contribution in [-0.4, -0.2) is 40.6 Å². The Balaban J connectivity index is 1.59. The van der Waals surface area contributed by atoms with Gasteiger partial charge in [-0.25, -0.2) is 9.18 Å². The summed E-state index contributed by atoms with van der Waals surface area (Å²) in [6.07, 6.45) is 0.862. The molecule has 2 amide bonds. The number of carbonyl (C=O) groups excluding carboxylic acids is 2. The van der Waals surface area contributed by atoms with Gasteiger partial charge in [-0.15, -0.1) is 0 Å². The Morgan fingerprint density at radius 3 is 2.58 bits per heavy atom. The molecule has 2 aromatic rings. The van der Waals surface area contributed by atoms with Crippen molar-refractivity contribution in [2.75, 3.05) is 11.4 Å². The van der Waals surface area contributed by atoms with E-state index in [1.807, 2.05) is 31.2 Å². The minimum atomic E-state index is -1.00. The molecule has 0 radical (unpaired) electrons. The van der Waals surface area contributed by atoms with Gasteiger partial charge < -0.3 is 14.7 Å². The Hall–Kier alpha value is -3.42. The molecule has 4 rings (SSSR count). The fraction of sp³-hybridized carbons (Fsp3) is 0.400. The van der Waals surface area contributed by atoms with E-state index in [0.717, 1.165) is 18.4 Å². The second kappa shape index (κ2) is 9.60. The van der Waals surface area contributed by atoms with Gasteiger partial charge in [-0.1, -0.05) is 30.3 Å². The first kappa shape index (κ1) is 22.8. The molecule has 1 N–H and O–H groups in total. The van der Waals surface area contributed by atoms with Gasteiger partial charge in [0.05, 0.1) is 18.2 Å². The van der Waals surface area contributed by atoms with Gasteiger partial charge in [0, 0.05) is 24.9 Å². The maximum atomic E-state index is 13.5. The molecule has 7 nitrogen and oxygen atoms in total. The lowest BCUT2D eigenvalue weighted by Crippen LogP contribution is -2.59. The van der Waals surface area contributed by atoms with Crippen LogP contribution in [0.15, 0.2) is 48.5 Å². The van der Waals surface area contributed by atoms with Crippen molar-refractivity contribution < 1.29 is 28.6 Å². The second-order valence-corrected chi connectivity index (χ2v) is 8.44. The van der Waals surface area contributed by atoms with Gasteiger partial charge in [0.15, 0.2) is 0 Å². The topological polar surface area (TPSA) is 87.2 Å². The van der Waals surface area contributed by atoms with Gasteiger partial charge in [-0.05, 0) is 49.1 Å². The summed E-state index contributed by atoms with van der Waals surface area (Å²) in [4.78, 5) is 40.4. The lowest BCUT2D eigenvalue weighted by Gasteiger charge is -2.54. The highest BCUT2D eigenvalue weighted by molar-refractivity contribution is 5.91. The first-order valence-electron chi connectivity index (χ1n) is 11.2. The van der Waals surface area contributed by atoms with Crippen LogP contribution in [-0.2, 0) is 20.9 Å². The molecule has 33 heavy (non-hydrogen) atoms. The maximum Gasteiger partial charge on any atom is 0.414 e. The Morgan fingerprint density at radius 1 is 1.12 bits per heavy atom. The van der Waals surface area contributed by atoms with Crippen LogP contribution in [0.25, 0.3) is 0 Å². The molecule has 0 saturated heterocycles. The van der Waals surface area contributed by atoms with Crippen molar-refractivity contribution >= 4 is 23.7 Å². The number of anilines is 1. The molecule has 2 aromatic carbocycles. The third-order valence-electron chi connectivity index (χ3n) is 6.54. The smallest absolute Gasteiger partial charge is 0.414 e. The third kappa shape index (κ3) is 4.55. The normalized spacial score (nSPS) is 20.8. The number of ether oxygens (including phenoxy) is 1. The molecule has 1 aliphatic heterocycles. The molecular weight excluding hydrogens is 427 g/mol. The molecular formula is C25H27FN2O5. The van der Waals surface area contributed by atoms with Crippen molar-refractivity contribution in [2.45, 2.75) is 51.3 Å². The average Bonchev–Trinajstić information content (AvgIpc) is 2.78. The monoisotopic (exact) mass is 454 g/mol. The van der Waals surface area contributed by atoms with E-state index in [4.69, 9.17) is 9.84 Å². The average molecular weight is 454 g/mol. The van der Waals surface area contributed by atoms with E-state index in [-0.39, 0.29) is 49.2 Å². The van der Waals surface area contributed by atoms with E-state index < -0.39 is 12.1 Å². The molecule has 3 atom stereocenters.